The average molecular weight is 2060 g/mol. The summed E-state index contributed by atoms with van der Waals surface area (Å²) in [7, 11) is 9.04. The lowest BCUT2D eigenvalue weighted by Crippen LogP contribution is -2.63. The van der Waals surface area contributed by atoms with E-state index in [-0.39, 0.29) is 25.8 Å². The van der Waals surface area contributed by atoms with Gasteiger partial charge in [0.15, 0.2) is 5.63 Å². The summed E-state index contributed by atoms with van der Waals surface area (Å²) < 4.78 is 46.3. The van der Waals surface area contributed by atoms with Crippen molar-refractivity contribution in [2.45, 2.75) is 479 Å². The summed E-state index contributed by atoms with van der Waals surface area (Å²) >= 11 is 4.61. The van der Waals surface area contributed by atoms with Gasteiger partial charge in [-0.25, -0.2) is 8.78 Å². The number of morpholine rings is 3. The number of carboxylic acids is 1. The number of aliphatic hydroxyl groups is 1. The van der Waals surface area contributed by atoms with Gasteiger partial charge in [0.2, 0.25) is 0 Å². The zero-order valence-electron chi connectivity index (χ0n) is 109. The Kier molecular flexibility index (Phi) is 520. The highest BCUT2D eigenvalue weighted by Crippen LogP contribution is 2.30. The van der Waals surface area contributed by atoms with Crippen molar-refractivity contribution in [3.8, 4) is 29.8 Å². The number of likely N-dealkylation sites (N-methyl/N-ethyl adjacent to an activating group) is 1. The number of allylic oxidation sites excluding steroid dienone is 12. The van der Waals surface area contributed by atoms with Crippen molar-refractivity contribution in [1.29, 1.82) is 5.26 Å². The number of methoxy groups -OCH3 is 2. The van der Waals surface area contributed by atoms with E-state index < -0.39 is 11.6 Å². The Hall–Kier alpha value is -5.07. The largest absolute Gasteiger partial charge is 0.481 e. The summed E-state index contributed by atoms with van der Waals surface area (Å²) in [5.41, 5.74) is 0.782. The second-order valence-electron chi connectivity index (χ2n) is 23.7. The number of fused-ring (bicyclic) bond motifs is 2. The zero-order valence-corrected chi connectivity index (χ0v) is 109. The minimum atomic E-state index is -1.19. The van der Waals surface area contributed by atoms with Gasteiger partial charge in [-0.15, -0.1) is 30.9 Å². The van der Waals surface area contributed by atoms with Gasteiger partial charge in [0.1, 0.15) is 0 Å². The summed E-state index contributed by atoms with van der Waals surface area (Å²) in [4.78, 5) is 22.3. The van der Waals surface area contributed by atoms with Gasteiger partial charge in [-0.2, -0.15) is 5.26 Å². The van der Waals surface area contributed by atoms with Gasteiger partial charge in [0.25, 0.3) is 0 Å². The summed E-state index contributed by atoms with van der Waals surface area (Å²) in [6.45, 7) is 149. The van der Waals surface area contributed by atoms with Crippen LogP contribution in [-0.4, -0.2) is 219 Å². The molecule has 0 spiro atoms. The predicted molar refractivity (Wildman–Crippen MR) is 671 cm³/mol. The predicted octanol–water partition coefficient (Wildman–Crippen LogP) is 40.3. The number of aliphatic carboxylic acids is 1. The number of carboxylic acid groups (broad SMARTS) is 1. The lowest BCUT2D eigenvalue weighted by atomic mass is 9.91. The lowest BCUT2D eigenvalue weighted by Gasteiger charge is -2.52. The van der Waals surface area contributed by atoms with Gasteiger partial charge in [-0.3, -0.25) is 24.4 Å². The SMILES string of the molecule is C.C/C=C/C.C/C=C/C(C)C.C/C=C/CN(C)C.C/C=C/CN1C2COCC1C2.C/C=C/CN1CCCC(C(=O)O)C1.C/C=C/CN1CCOCC1.C/C=C/COC.C=C(C)C.C=C(C)CO.C=C(C)F.C=CC.CC.CC.CC.CC.CC.CC.CC.CC.CC.CC.CC.CC.CC.CC.CC.CC.CC.CC.CC#CC.CC#CCN1CCOCC1.CC(F)Cl.CCC.CCC.CCC#N.COC. The first kappa shape index (κ1) is 229. The normalized spacial score (nSPS) is 12.5. The van der Waals surface area contributed by atoms with Crippen LogP contribution < -0.4 is 0 Å². The first-order valence-electron chi connectivity index (χ1n) is 55.2. The first-order valence-corrected chi connectivity index (χ1v) is 55.6. The maximum absolute atomic E-state index is 10.8. The Labute approximate surface area is 904 Å². The Morgan fingerprint density at radius 1 is 0.504 bits per heavy atom. The molecule has 2 N–H and O–H groups in total. The van der Waals surface area contributed by atoms with Gasteiger partial charge in [-0.05, 0) is 164 Å². The number of likely N-dealkylation sites (tertiary alicyclic amines) is 1. The molecule has 17 heteroatoms. The topological polar surface area (TPSA) is 144 Å². The zero-order chi connectivity index (χ0) is 119. The van der Waals surface area contributed by atoms with E-state index in [0.717, 1.165) is 148 Å². The second kappa shape index (κ2) is 320. The standard InChI is InChI=1S/C10H17NO2.C9H15NO.C8H15NO.C8H13NO.C6H13N.C6H12.C5H10O.C4H8O.2C4H8.C4H6.C3H5F.C3H5N.2C3H8.C3H6.C2H4ClF.C2H6O.18C2H6.CH4/c1-2-3-6-11-7-4-5-9(8-11)10(12)13;1-2-3-4-10-8-5-9(10)7-11-6-8;2*1-2-3-4-9-5-7-10-8-6-9;1-4-5-6-7(2)3;1-4-5-6(2)3;1-3-4-5-6-2;1-4(2)3-5;1-4(2)3;2*1-3-4-2;1-3(2)4;1-2-3-4;3*1-3-2;1-2(3)4;1-3-2;18*1-2;/h2-3,9H,4-8H2,1H3,(H,12,13);2-3,8-9H,4-7H2,1H3;2-3H,4-8H2,1H3;4-8H2,1H3;4-5H,6H2,1-3H3;4-6H,1-3H3;3-4H,5H2,1-2H3;5H,1,3H2,2H3;1H2,2-3H3;3-4H,1-2H3;1-2H3;1H2,2H3;2H2,1H3;2*3H2,1-2H3;3H,1H2,2H3;2H,1H3;1-2H3;18*1-2H3;1H4/b3*3-2+;;2*5-4+;4-3+;;;4-3+;;;;;;;;;;;;;;;;;;;;;;;;;;;. The Bertz CT molecular complexity index is 2050. The number of nitriles is 1. The molecule has 141 heavy (non-hydrogen) atoms. The van der Waals surface area contributed by atoms with Gasteiger partial charge in [-0.1, -0.05) is 451 Å². The Morgan fingerprint density at radius 3 is 0.943 bits per heavy atom. The minimum absolute atomic E-state index is 0. The van der Waals surface area contributed by atoms with Crippen LogP contribution in [0.25, 0.3) is 0 Å². The van der Waals surface area contributed by atoms with Gasteiger partial charge >= 0.3 is 5.97 Å². The first-order chi connectivity index (χ1) is 67.3. The third-order valence-electron chi connectivity index (χ3n) is 11.2. The molecule has 4 unspecified atom stereocenters. The number of nitrogens with zero attached hydrogens (tertiary/aromatic N) is 6. The molecule has 0 amide bonds. The van der Waals surface area contributed by atoms with Crippen molar-refractivity contribution in [1.82, 2.24) is 24.5 Å². The minimum Gasteiger partial charge on any atom is -0.481 e. The number of carbonyl (C=O) groups is 1. The molecule has 0 aliphatic carbocycles. The number of piperidine rings is 1. The fourth-order valence-electron chi connectivity index (χ4n) is 6.50. The molecule has 0 saturated carbocycles. The number of ether oxygens (including phenoxy) is 5. The molecule has 4 atom stereocenters. The molecule has 0 radical (unpaired) electrons. The van der Waals surface area contributed by atoms with Crippen LogP contribution in [-0.2, 0) is 28.5 Å². The summed E-state index contributed by atoms with van der Waals surface area (Å²) in [6, 6.07) is 3.38. The van der Waals surface area contributed by atoms with E-state index in [4.69, 9.17) is 34.4 Å². The monoisotopic (exact) mass is 2050 g/mol. The number of hydrogen-bond acceptors (Lipinski definition) is 13. The number of aliphatic hydroxyl groups excluding tert-OH is 1. The van der Waals surface area contributed by atoms with E-state index in [9.17, 15) is 13.6 Å². The molecule has 874 valence electrons. The van der Waals surface area contributed by atoms with Crippen LogP contribution in [0.4, 0.5) is 8.78 Å². The molecule has 6 saturated heterocycles. The average Bonchev–Trinajstić information content (AvgIpc) is 0.789. The Balaban J connectivity index is -0.0000000296. The third-order valence-corrected chi connectivity index (χ3v) is 11.2. The van der Waals surface area contributed by atoms with E-state index in [1.807, 2.05) is 376 Å². The van der Waals surface area contributed by atoms with Gasteiger partial charge < -0.3 is 38.8 Å². The molecule has 6 rings (SSSR count). The van der Waals surface area contributed by atoms with Crippen LogP contribution in [0.15, 0.2) is 134 Å². The summed E-state index contributed by atoms with van der Waals surface area (Å²) in [5.74, 6) is 10.9. The molecular formula is C124H279ClF2N6O8. The van der Waals surface area contributed by atoms with E-state index in [1.54, 1.807) is 34.3 Å². The highest BCUT2D eigenvalue weighted by atomic mass is 35.5. The van der Waals surface area contributed by atoms with Crippen molar-refractivity contribution in [3.63, 3.8) is 0 Å². The molecule has 6 aliphatic heterocycles. The molecule has 0 aromatic carbocycles. The number of alkyl halides is 2. The quantitative estimate of drug-likeness (QED) is 0.0967. The molecule has 0 aromatic rings. The smallest absolute Gasteiger partial charge is 0.307 e. The highest BCUT2D eigenvalue weighted by molar-refractivity contribution is 6.19. The molecule has 6 aliphatic rings. The number of hydrogen-bond donors (Lipinski definition) is 2. The third kappa shape index (κ3) is 436. The van der Waals surface area contributed by atoms with Crippen molar-refractivity contribution in [3.05, 3.63) is 134 Å². The van der Waals surface area contributed by atoms with Crippen LogP contribution >= 0.6 is 11.6 Å². The molecule has 0 aromatic heterocycles. The number of halogens is 3. The molecule has 6 fully saturated rings. The van der Waals surface area contributed by atoms with Crippen molar-refractivity contribution in [2.24, 2.45) is 11.8 Å². The van der Waals surface area contributed by atoms with E-state index in [1.165, 1.54) is 38.7 Å². The fourth-order valence-corrected chi connectivity index (χ4v) is 6.50. The second-order valence-corrected chi connectivity index (χ2v) is 24.3. The fraction of sp³-hybridized carbons (Fsp3) is 0.774. The van der Waals surface area contributed by atoms with Crippen LogP contribution in [0, 0.1) is 46.8 Å². The van der Waals surface area contributed by atoms with Crippen molar-refractivity contribution >= 4 is 17.6 Å². The van der Waals surface area contributed by atoms with Gasteiger partial charge in [0.05, 0.1) is 77.2 Å². The van der Waals surface area contributed by atoms with Crippen LogP contribution in [0.3, 0.4) is 0 Å². The molecule has 6 heterocycles. The van der Waals surface area contributed by atoms with Gasteiger partial charge in [0, 0.05) is 98.7 Å². The Morgan fingerprint density at radius 2 is 0.766 bits per heavy atom. The van der Waals surface area contributed by atoms with E-state index >= 15 is 0 Å². The highest BCUT2D eigenvalue weighted by Gasteiger charge is 2.41. The lowest BCUT2D eigenvalue weighted by molar-refractivity contribution is -0.143. The van der Waals surface area contributed by atoms with E-state index in [0.29, 0.717) is 13.0 Å². The van der Waals surface area contributed by atoms with Crippen LogP contribution in [0.5, 0.6) is 0 Å². The van der Waals surface area contributed by atoms with Crippen molar-refractivity contribution < 1.29 is 47.5 Å². The van der Waals surface area contributed by atoms with Crippen LogP contribution in [0.1, 0.15) is 461 Å². The van der Waals surface area contributed by atoms with Crippen LogP contribution in [0.2, 0.25) is 0 Å². The summed E-state index contributed by atoms with van der Waals surface area (Å²) in [5, 5.41) is 24.5. The van der Waals surface area contributed by atoms with E-state index in [2.05, 4.69) is 215 Å². The summed E-state index contributed by atoms with van der Waals surface area (Å²) in [6.07, 6.45) is 37.1. The maximum Gasteiger partial charge on any atom is 0.307 e. The molecule has 14 nitrogen and oxygen atoms in total. The molecule has 2 bridgehead atoms. The molecular weight excluding hydrogens is 1770 g/mol. The van der Waals surface area contributed by atoms with Crippen molar-refractivity contribution in [2.75, 3.05) is 160 Å². The number of rotatable bonds is 14. The maximum atomic E-state index is 10.8.